The summed E-state index contributed by atoms with van der Waals surface area (Å²) in [5.74, 6) is 1.02. The number of aryl methyl sites for hydroxylation is 1. The van der Waals surface area contributed by atoms with Gasteiger partial charge in [-0.15, -0.1) is 0 Å². The van der Waals surface area contributed by atoms with E-state index in [1.54, 1.807) is 36.5 Å². The van der Waals surface area contributed by atoms with E-state index in [1.807, 2.05) is 23.6 Å². The first-order valence-corrected chi connectivity index (χ1v) is 11.9. The molecule has 0 aliphatic carbocycles. The summed E-state index contributed by atoms with van der Waals surface area (Å²) in [5.41, 5.74) is 9.45. The van der Waals surface area contributed by atoms with Crippen LogP contribution in [0.15, 0.2) is 61.1 Å². The third-order valence-electron chi connectivity index (χ3n) is 6.28. The summed E-state index contributed by atoms with van der Waals surface area (Å²) in [6.07, 6.45) is 3.05. The van der Waals surface area contributed by atoms with Crippen molar-refractivity contribution >= 4 is 40.1 Å². The number of aromatic nitrogens is 5. The van der Waals surface area contributed by atoms with E-state index < -0.39 is 5.82 Å². The van der Waals surface area contributed by atoms with E-state index in [1.165, 1.54) is 19.3 Å². The molecule has 0 bridgehead atoms. The average molecular weight is 511 g/mol. The molecule has 0 spiro atoms. The molecule has 38 heavy (non-hydrogen) atoms. The Morgan fingerprint density at radius 3 is 2.74 bits per heavy atom. The summed E-state index contributed by atoms with van der Waals surface area (Å²) in [6, 6.07) is 13.7. The minimum absolute atomic E-state index is 0.0455. The molecule has 0 fully saturated rings. The first kappa shape index (κ1) is 23.3. The molecule has 1 aromatic carbocycles. The predicted octanol–water partition coefficient (Wildman–Crippen LogP) is 4.82. The zero-order valence-corrected chi connectivity index (χ0v) is 20.6. The van der Waals surface area contributed by atoms with Crippen LogP contribution in [0.2, 0.25) is 0 Å². The van der Waals surface area contributed by atoms with Crippen LogP contribution >= 0.6 is 0 Å². The van der Waals surface area contributed by atoms with Crippen molar-refractivity contribution in [3.05, 3.63) is 72.6 Å². The van der Waals surface area contributed by atoms with Crippen LogP contribution in [-0.4, -0.2) is 37.0 Å². The molecule has 5 aromatic rings. The second-order valence-corrected chi connectivity index (χ2v) is 8.91. The number of ether oxygens (including phenoxy) is 1. The fourth-order valence-corrected chi connectivity index (χ4v) is 4.77. The quantitative estimate of drug-likeness (QED) is 0.345. The van der Waals surface area contributed by atoms with E-state index in [2.05, 4.69) is 30.2 Å². The molecule has 0 atom stereocenters. The Kier molecular flexibility index (Phi) is 5.60. The van der Waals surface area contributed by atoms with Crippen molar-refractivity contribution in [3.63, 3.8) is 0 Å². The number of carbonyl (C=O) groups excluding carboxylic acids is 1. The number of rotatable bonds is 5. The van der Waals surface area contributed by atoms with Gasteiger partial charge in [0.05, 0.1) is 5.39 Å². The van der Waals surface area contributed by atoms with Crippen molar-refractivity contribution in [2.45, 2.75) is 20.4 Å². The number of hydrogen-bond donors (Lipinski definition) is 2. The Labute approximate surface area is 216 Å². The van der Waals surface area contributed by atoms with Crippen LogP contribution in [0.4, 0.5) is 27.5 Å². The Bertz CT molecular complexity index is 1720. The summed E-state index contributed by atoms with van der Waals surface area (Å²) in [4.78, 5) is 31.3. The van der Waals surface area contributed by atoms with Crippen LogP contribution in [0, 0.1) is 12.7 Å². The van der Waals surface area contributed by atoms with Crippen molar-refractivity contribution in [2.24, 2.45) is 0 Å². The molecule has 190 valence electrons. The van der Waals surface area contributed by atoms with E-state index in [4.69, 9.17) is 10.5 Å². The molecule has 11 heteroatoms. The Morgan fingerprint density at radius 1 is 1.11 bits per heavy atom. The lowest BCUT2D eigenvalue weighted by Crippen LogP contribution is -2.15. The van der Waals surface area contributed by atoms with E-state index in [0.717, 1.165) is 17.2 Å². The highest BCUT2D eigenvalue weighted by atomic mass is 19.1. The van der Waals surface area contributed by atoms with Crippen molar-refractivity contribution in [2.75, 3.05) is 22.5 Å². The van der Waals surface area contributed by atoms with Gasteiger partial charge in [-0.3, -0.25) is 4.79 Å². The number of carbonyl (C=O) groups is 1. The lowest BCUT2D eigenvalue weighted by Gasteiger charge is -2.20. The van der Waals surface area contributed by atoms with Crippen LogP contribution < -0.4 is 20.7 Å². The maximum Gasteiger partial charge on any atom is 0.222 e. The summed E-state index contributed by atoms with van der Waals surface area (Å²) in [5, 5.41) is 3.40. The van der Waals surface area contributed by atoms with Gasteiger partial charge in [0.1, 0.15) is 29.4 Å². The Morgan fingerprint density at radius 2 is 1.97 bits per heavy atom. The van der Waals surface area contributed by atoms with E-state index in [9.17, 15) is 4.79 Å². The number of halogens is 1. The molecule has 3 N–H and O–H groups in total. The summed E-state index contributed by atoms with van der Waals surface area (Å²) < 4.78 is 23.2. The van der Waals surface area contributed by atoms with Crippen molar-refractivity contribution in [1.29, 1.82) is 0 Å². The van der Waals surface area contributed by atoms with E-state index in [0.29, 0.717) is 52.8 Å². The van der Waals surface area contributed by atoms with Gasteiger partial charge in [-0.1, -0.05) is 12.1 Å². The van der Waals surface area contributed by atoms with Gasteiger partial charge in [0.25, 0.3) is 0 Å². The molecule has 0 saturated carbocycles. The highest BCUT2D eigenvalue weighted by molar-refractivity contribution is 6.11. The number of nitrogen functional groups attached to an aromatic ring is 1. The normalized spacial score (nSPS) is 12.6. The van der Waals surface area contributed by atoms with Crippen molar-refractivity contribution < 1.29 is 13.9 Å². The lowest BCUT2D eigenvalue weighted by atomic mass is 10.0. The van der Waals surface area contributed by atoms with Gasteiger partial charge >= 0.3 is 0 Å². The predicted molar refractivity (Wildman–Crippen MR) is 142 cm³/mol. The number of benzene rings is 1. The monoisotopic (exact) mass is 510 g/mol. The van der Waals surface area contributed by atoms with Crippen LogP contribution in [0.5, 0.6) is 11.6 Å². The number of nitrogens with one attached hydrogen (secondary N) is 1. The molecule has 1 amide bonds. The third-order valence-corrected chi connectivity index (χ3v) is 6.28. The molecule has 10 nitrogen and oxygen atoms in total. The number of pyridine rings is 2. The van der Waals surface area contributed by atoms with Gasteiger partial charge in [0, 0.05) is 55.3 Å². The highest BCUT2D eigenvalue weighted by Crippen LogP contribution is 2.47. The van der Waals surface area contributed by atoms with Crippen molar-refractivity contribution in [3.8, 4) is 22.8 Å². The smallest absolute Gasteiger partial charge is 0.222 e. The third kappa shape index (κ3) is 4.03. The molecule has 4 aromatic heterocycles. The molecule has 0 radical (unpaired) electrons. The topological polar surface area (TPSA) is 124 Å². The zero-order valence-electron chi connectivity index (χ0n) is 20.6. The highest BCUT2D eigenvalue weighted by Gasteiger charge is 2.32. The summed E-state index contributed by atoms with van der Waals surface area (Å²) in [6.45, 7) is 4.51. The van der Waals surface area contributed by atoms with Crippen LogP contribution in [0.25, 0.3) is 22.2 Å². The van der Waals surface area contributed by atoms with Gasteiger partial charge in [-0.05, 0) is 36.8 Å². The van der Waals surface area contributed by atoms with Crippen LogP contribution in [0.1, 0.15) is 12.6 Å². The molecule has 1 aliphatic rings. The molecule has 0 saturated heterocycles. The molecule has 6 rings (SSSR count). The number of fused-ring (bicyclic) bond motifs is 3. The number of hydrogen-bond acceptors (Lipinski definition) is 8. The number of nitrogens with two attached hydrogens (primary N) is 1. The zero-order chi connectivity index (χ0) is 26.4. The van der Waals surface area contributed by atoms with Crippen LogP contribution in [-0.2, 0) is 11.3 Å². The fourth-order valence-electron chi connectivity index (χ4n) is 4.77. The number of anilines is 4. The maximum atomic E-state index is 15.5. The standard InChI is InChI=1S/C27H23FN8O2/c1-15-4-3-5-22(33-15)38-20-7-6-17(12-19(20)28)23-24-25(34-16(2)37)31-14-32-26(24)36-11-10-35(27(23)36)18-8-9-30-21(29)13-18/h3-9,12-14H,10-11H2,1-2H3,(H2,29,30)(H,31,32,34,37). The van der Waals surface area contributed by atoms with Crippen LogP contribution in [0.3, 0.4) is 0 Å². The largest absolute Gasteiger partial charge is 0.436 e. The maximum absolute atomic E-state index is 15.5. The van der Waals surface area contributed by atoms with Gasteiger partial charge < -0.3 is 25.3 Å². The van der Waals surface area contributed by atoms with Crippen molar-refractivity contribution in [1.82, 2.24) is 24.5 Å². The number of nitrogens with zero attached hydrogens (tertiary/aromatic N) is 6. The summed E-state index contributed by atoms with van der Waals surface area (Å²) in [7, 11) is 0. The van der Waals surface area contributed by atoms with Gasteiger partial charge in [-0.2, -0.15) is 0 Å². The Balaban J connectivity index is 1.54. The van der Waals surface area contributed by atoms with Gasteiger partial charge in [-0.25, -0.2) is 24.3 Å². The first-order chi connectivity index (χ1) is 18.4. The van der Waals surface area contributed by atoms with E-state index >= 15 is 4.39 Å². The Hall–Kier alpha value is -5.06. The SMILES string of the molecule is CC(=O)Nc1ncnc2c1c(-c1ccc(Oc3cccc(C)n3)c(F)c1)c1n2CCN1c1ccnc(N)c1. The molecule has 5 heterocycles. The molecule has 1 aliphatic heterocycles. The molecular formula is C27H23FN8O2. The van der Waals surface area contributed by atoms with E-state index in [-0.39, 0.29) is 11.7 Å². The minimum atomic E-state index is -0.561. The summed E-state index contributed by atoms with van der Waals surface area (Å²) >= 11 is 0. The molecule has 0 unspecified atom stereocenters. The average Bonchev–Trinajstić information content (AvgIpc) is 3.44. The van der Waals surface area contributed by atoms with Gasteiger partial charge in [0.2, 0.25) is 11.8 Å². The lowest BCUT2D eigenvalue weighted by molar-refractivity contribution is -0.114. The second-order valence-electron chi connectivity index (χ2n) is 8.91. The minimum Gasteiger partial charge on any atom is -0.436 e. The number of amides is 1. The molecular weight excluding hydrogens is 487 g/mol. The fraction of sp³-hybridized carbons (Fsp3) is 0.148. The first-order valence-electron chi connectivity index (χ1n) is 11.9. The second kappa shape index (κ2) is 9.11. The van der Waals surface area contributed by atoms with Gasteiger partial charge in [0.15, 0.2) is 11.6 Å².